The lowest BCUT2D eigenvalue weighted by Gasteiger charge is -2.10. The van der Waals surface area contributed by atoms with Crippen LogP contribution >= 0.6 is 15.9 Å². The van der Waals surface area contributed by atoms with Crippen molar-refractivity contribution in [1.29, 1.82) is 0 Å². The smallest absolute Gasteiger partial charge is 0.256 e. The highest BCUT2D eigenvalue weighted by Gasteiger charge is 2.16. The summed E-state index contributed by atoms with van der Waals surface area (Å²) in [6.07, 6.45) is 0. The van der Waals surface area contributed by atoms with Crippen LogP contribution in [0.5, 0.6) is 11.5 Å². The maximum atomic E-state index is 12.4. The molecule has 0 unspecified atom stereocenters. The zero-order valence-corrected chi connectivity index (χ0v) is 12.9. The first-order valence-electron chi connectivity index (χ1n) is 6.31. The number of nitrogens with two attached hydrogens (primary N) is 1. The van der Waals surface area contributed by atoms with E-state index in [0.717, 1.165) is 10.0 Å². The summed E-state index contributed by atoms with van der Waals surface area (Å²) in [5, 5.41) is 2.83. The molecule has 6 heteroatoms. The van der Waals surface area contributed by atoms with Crippen LogP contribution in [0.25, 0.3) is 0 Å². The maximum absolute atomic E-state index is 12.4. The first-order valence-corrected chi connectivity index (χ1v) is 7.10. The molecule has 0 saturated carbocycles. The van der Waals surface area contributed by atoms with Crippen LogP contribution in [0.4, 0.5) is 11.4 Å². The van der Waals surface area contributed by atoms with E-state index in [2.05, 4.69) is 21.2 Å². The minimum Gasteiger partial charge on any atom is -0.454 e. The van der Waals surface area contributed by atoms with Crippen molar-refractivity contribution in [2.24, 2.45) is 0 Å². The number of rotatable bonds is 2. The number of anilines is 2. The van der Waals surface area contributed by atoms with Gasteiger partial charge in [0.25, 0.3) is 5.91 Å². The van der Waals surface area contributed by atoms with Gasteiger partial charge in [0.05, 0.1) is 0 Å². The highest BCUT2D eigenvalue weighted by atomic mass is 79.9. The Morgan fingerprint density at radius 3 is 2.81 bits per heavy atom. The normalized spacial score (nSPS) is 12.3. The summed E-state index contributed by atoms with van der Waals surface area (Å²) in [6.45, 7) is 2.02. The van der Waals surface area contributed by atoms with E-state index >= 15 is 0 Å². The minimum absolute atomic E-state index is 0.202. The largest absolute Gasteiger partial charge is 0.454 e. The molecule has 3 N–H and O–H groups in total. The van der Waals surface area contributed by atoms with Gasteiger partial charge in [-0.15, -0.1) is 0 Å². The van der Waals surface area contributed by atoms with Crippen LogP contribution in [0.15, 0.2) is 34.8 Å². The Balaban J connectivity index is 1.87. The summed E-state index contributed by atoms with van der Waals surface area (Å²) in [5.41, 5.74) is 8.36. The van der Waals surface area contributed by atoms with Crippen molar-refractivity contribution in [3.63, 3.8) is 0 Å². The summed E-state index contributed by atoms with van der Waals surface area (Å²) in [7, 11) is 0. The number of benzene rings is 2. The predicted molar refractivity (Wildman–Crippen MR) is 83.8 cm³/mol. The number of carbonyl (C=O) groups is 1. The fourth-order valence-electron chi connectivity index (χ4n) is 2.11. The molecule has 2 aromatic rings. The molecule has 1 amide bonds. The van der Waals surface area contributed by atoms with Crippen LogP contribution in [0, 0.1) is 6.92 Å². The lowest BCUT2D eigenvalue weighted by Crippen LogP contribution is -2.14. The standard InChI is InChI=1S/C15H13BrN2O3/c1-8-11(4-9(16)5-12(8)17)15(19)18-10-2-3-13-14(6-10)21-7-20-13/h2-6H,7,17H2,1H3,(H,18,19). The number of halogens is 1. The third-order valence-corrected chi connectivity index (χ3v) is 3.75. The van der Waals surface area contributed by atoms with Crippen molar-refractivity contribution in [2.75, 3.05) is 17.8 Å². The SMILES string of the molecule is Cc1c(N)cc(Br)cc1C(=O)Nc1ccc2c(c1)OCO2. The fourth-order valence-corrected chi connectivity index (χ4v) is 2.58. The van der Waals surface area contributed by atoms with Crippen molar-refractivity contribution in [3.05, 3.63) is 45.9 Å². The topological polar surface area (TPSA) is 73.6 Å². The number of carbonyl (C=O) groups excluding carboxylic acids is 1. The lowest BCUT2D eigenvalue weighted by atomic mass is 10.1. The van der Waals surface area contributed by atoms with Gasteiger partial charge in [-0.3, -0.25) is 4.79 Å². The van der Waals surface area contributed by atoms with E-state index in [-0.39, 0.29) is 12.7 Å². The summed E-state index contributed by atoms with van der Waals surface area (Å²) >= 11 is 3.34. The molecule has 108 valence electrons. The Bertz CT molecular complexity index is 731. The Morgan fingerprint density at radius 1 is 1.24 bits per heavy atom. The number of fused-ring (bicyclic) bond motifs is 1. The Hall–Kier alpha value is -2.21. The number of hydrogen-bond acceptors (Lipinski definition) is 4. The first-order chi connectivity index (χ1) is 10.0. The van der Waals surface area contributed by atoms with Gasteiger partial charge in [-0.05, 0) is 36.8 Å². The predicted octanol–water partition coefficient (Wildman–Crippen LogP) is 3.32. The van der Waals surface area contributed by atoms with Gasteiger partial charge in [0.15, 0.2) is 11.5 Å². The zero-order valence-electron chi connectivity index (χ0n) is 11.3. The molecule has 5 nitrogen and oxygen atoms in total. The number of nitrogen functional groups attached to an aromatic ring is 1. The highest BCUT2D eigenvalue weighted by molar-refractivity contribution is 9.10. The molecule has 3 rings (SSSR count). The van der Waals surface area contributed by atoms with Gasteiger partial charge in [-0.2, -0.15) is 0 Å². The second-order valence-electron chi connectivity index (χ2n) is 4.69. The van der Waals surface area contributed by atoms with Crippen molar-refractivity contribution >= 4 is 33.2 Å². The molecule has 0 aromatic heterocycles. The summed E-state index contributed by atoms with van der Waals surface area (Å²) in [5.74, 6) is 1.08. The molecule has 21 heavy (non-hydrogen) atoms. The zero-order chi connectivity index (χ0) is 15.0. The van der Waals surface area contributed by atoms with E-state index in [1.54, 1.807) is 30.3 Å². The Labute approximate surface area is 130 Å². The summed E-state index contributed by atoms with van der Waals surface area (Å²) in [4.78, 5) is 12.4. The molecule has 0 atom stereocenters. The quantitative estimate of drug-likeness (QED) is 0.816. The van der Waals surface area contributed by atoms with Gasteiger partial charge >= 0.3 is 0 Å². The van der Waals surface area contributed by atoms with E-state index in [9.17, 15) is 4.79 Å². The summed E-state index contributed by atoms with van der Waals surface area (Å²) < 4.78 is 11.3. The van der Waals surface area contributed by atoms with Crippen LogP contribution < -0.4 is 20.5 Å². The van der Waals surface area contributed by atoms with Gasteiger partial charge < -0.3 is 20.5 Å². The first kappa shape index (κ1) is 13.8. The van der Waals surface area contributed by atoms with Crippen LogP contribution in [0.1, 0.15) is 15.9 Å². The third kappa shape index (κ3) is 2.67. The van der Waals surface area contributed by atoms with E-state index in [1.807, 2.05) is 6.92 Å². The van der Waals surface area contributed by atoms with Crippen molar-refractivity contribution in [1.82, 2.24) is 0 Å². The summed E-state index contributed by atoms with van der Waals surface area (Å²) in [6, 6.07) is 8.78. The van der Waals surface area contributed by atoms with Gasteiger partial charge in [-0.25, -0.2) is 0 Å². The van der Waals surface area contributed by atoms with E-state index in [4.69, 9.17) is 15.2 Å². The van der Waals surface area contributed by atoms with Crippen molar-refractivity contribution < 1.29 is 14.3 Å². The van der Waals surface area contributed by atoms with Crippen LogP contribution in [0.2, 0.25) is 0 Å². The second kappa shape index (κ2) is 5.29. The number of amides is 1. The molecule has 0 aliphatic carbocycles. The maximum Gasteiger partial charge on any atom is 0.256 e. The Morgan fingerprint density at radius 2 is 2.00 bits per heavy atom. The van der Waals surface area contributed by atoms with Crippen molar-refractivity contribution in [2.45, 2.75) is 6.92 Å². The minimum atomic E-state index is -0.223. The third-order valence-electron chi connectivity index (χ3n) is 3.29. The van der Waals surface area contributed by atoms with E-state index in [1.165, 1.54) is 0 Å². The van der Waals surface area contributed by atoms with E-state index in [0.29, 0.717) is 28.4 Å². The van der Waals surface area contributed by atoms with Gasteiger partial charge in [0.2, 0.25) is 6.79 Å². The number of hydrogen-bond donors (Lipinski definition) is 2. The molecule has 1 aliphatic heterocycles. The molecule has 2 aromatic carbocycles. The number of nitrogens with one attached hydrogen (secondary N) is 1. The molecular formula is C15H13BrN2O3. The molecule has 0 saturated heterocycles. The van der Waals surface area contributed by atoms with Gasteiger partial charge in [-0.1, -0.05) is 15.9 Å². The van der Waals surface area contributed by atoms with Gasteiger partial charge in [0, 0.05) is 27.5 Å². The van der Waals surface area contributed by atoms with Crippen LogP contribution in [-0.4, -0.2) is 12.7 Å². The average molecular weight is 349 g/mol. The molecule has 1 heterocycles. The Kier molecular flexibility index (Phi) is 3.47. The molecule has 0 fully saturated rings. The highest BCUT2D eigenvalue weighted by Crippen LogP contribution is 2.34. The van der Waals surface area contributed by atoms with Crippen molar-refractivity contribution in [3.8, 4) is 11.5 Å². The van der Waals surface area contributed by atoms with Crippen LogP contribution in [-0.2, 0) is 0 Å². The van der Waals surface area contributed by atoms with Crippen LogP contribution in [0.3, 0.4) is 0 Å². The molecule has 0 bridgehead atoms. The second-order valence-corrected chi connectivity index (χ2v) is 5.61. The van der Waals surface area contributed by atoms with E-state index < -0.39 is 0 Å². The fraction of sp³-hybridized carbons (Fsp3) is 0.133. The lowest BCUT2D eigenvalue weighted by molar-refractivity contribution is 0.102. The molecular weight excluding hydrogens is 336 g/mol. The number of ether oxygens (including phenoxy) is 2. The molecule has 1 aliphatic rings. The van der Waals surface area contributed by atoms with Gasteiger partial charge in [0.1, 0.15) is 0 Å². The average Bonchev–Trinajstić information content (AvgIpc) is 2.90. The molecule has 0 radical (unpaired) electrons. The molecule has 0 spiro atoms. The monoisotopic (exact) mass is 348 g/mol.